The minimum atomic E-state index is -3.67. The Kier molecular flexibility index (Phi) is 3.76. The third kappa shape index (κ3) is 2.47. The van der Waals surface area contributed by atoms with Crippen LogP contribution in [-0.4, -0.2) is 14.5 Å². The highest BCUT2D eigenvalue weighted by Crippen LogP contribution is 2.38. The maximum absolute atomic E-state index is 13.0. The fraction of sp³-hybridized carbons (Fsp3) is 0.200. The first-order chi connectivity index (χ1) is 9.91. The quantitative estimate of drug-likeness (QED) is 0.774. The maximum Gasteiger partial charge on any atom is 0.266 e. The molecule has 21 heavy (non-hydrogen) atoms. The van der Waals surface area contributed by atoms with Crippen molar-refractivity contribution in [2.24, 2.45) is 0 Å². The van der Waals surface area contributed by atoms with Crippen molar-refractivity contribution in [1.82, 2.24) is 0 Å². The van der Waals surface area contributed by atoms with Crippen molar-refractivity contribution < 1.29 is 8.42 Å². The van der Waals surface area contributed by atoms with Crippen LogP contribution in [0.3, 0.4) is 0 Å². The zero-order chi connectivity index (χ0) is 15.2. The third-order valence-electron chi connectivity index (χ3n) is 3.58. The van der Waals surface area contributed by atoms with Crippen LogP contribution < -0.4 is 4.31 Å². The van der Waals surface area contributed by atoms with Crippen LogP contribution in [0.25, 0.3) is 0 Å². The van der Waals surface area contributed by atoms with Crippen molar-refractivity contribution >= 4 is 43.2 Å². The van der Waals surface area contributed by atoms with Gasteiger partial charge in [-0.25, -0.2) is 8.42 Å². The van der Waals surface area contributed by atoms with Crippen molar-refractivity contribution in [3.63, 3.8) is 0 Å². The van der Waals surface area contributed by atoms with E-state index in [9.17, 15) is 8.42 Å². The fourth-order valence-electron chi connectivity index (χ4n) is 2.69. The number of halogens is 2. The van der Waals surface area contributed by atoms with Gasteiger partial charge in [-0.3, -0.25) is 4.31 Å². The van der Waals surface area contributed by atoms with Crippen LogP contribution in [0.5, 0.6) is 0 Å². The van der Waals surface area contributed by atoms with Crippen molar-refractivity contribution in [3.05, 3.63) is 57.5 Å². The molecule has 2 aromatic rings. The molecule has 0 aliphatic carbocycles. The number of fused-ring (bicyclic) bond motifs is 1. The summed E-state index contributed by atoms with van der Waals surface area (Å²) in [6, 6.07) is 12.3. The van der Waals surface area contributed by atoms with E-state index >= 15 is 0 Å². The highest BCUT2D eigenvalue weighted by molar-refractivity contribution is 9.10. The lowest BCUT2D eigenvalue weighted by Gasteiger charge is -2.25. The predicted molar refractivity (Wildman–Crippen MR) is 88.4 cm³/mol. The maximum atomic E-state index is 13.0. The Morgan fingerprint density at radius 1 is 1.24 bits per heavy atom. The average molecular weight is 387 g/mol. The molecule has 1 aliphatic rings. The molecule has 1 aliphatic heterocycles. The molecule has 0 radical (unpaired) electrons. The average Bonchev–Trinajstić information content (AvgIpc) is 2.74. The fourth-order valence-corrected chi connectivity index (χ4v) is 5.40. The highest BCUT2D eigenvalue weighted by atomic mass is 79.9. The van der Waals surface area contributed by atoms with E-state index in [1.54, 1.807) is 12.1 Å². The first-order valence-corrected chi connectivity index (χ1v) is 9.10. The van der Waals surface area contributed by atoms with Crippen LogP contribution in [0.4, 0.5) is 5.69 Å². The Labute approximate surface area is 137 Å². The zero-order valence-corrected chi connectivity index (χ0v) is 14.4. The molecule has 0 saturated carbocycles. The third-order valence-corrected chi connectivity index (χ3v) is 6.48. The minimum Gasteiger partial charge on any atom is -0.263 e. The number of sulfonamides is 1. The first-order valence-electron chi connectivity index (χ1n) is 6.48. The van der Waals surface area contributed by atoms with Gasteiger partial charge in [0.15, 0.2) is 0 Å². The molecule has 0 saturated heterocycles. The molecule has 2 aromatic carbocycles. The summed E-state index contributed by atoms with van der Waals surface area (Å²) in [7, 11) is -3.67. The number of anilines is 1. The summed E-state index contributed by atoms with van der Waals surface area (Å²) in [6.45, 7) is 1.91. The summed E-state index contributed by atoms with van der Waals surface area (Å²) >= 11 is 9.42. The number of hydrogen-bond donors (Lipinski definition) is 0. The monoisotopic (exact) mass is 385 g/mol. The second kappa shape index (κ2) is 5.30. The summed E-state index contributed by atoms with van der Waals surface area (Å²) in [5, 5.41) is 0.223. The summed E-state index contributed by atoms with van der Waals surface area (Å²) in [6.07, 6.45) is 0.712. The molecule has 6 heteroatoms. The van der Waals surface area contributed by atoms with E-state index in [0.29, 0.717) is 6.42 Å². The van der Waals surface area contributed by atoms with Gasteiger partial charge in [0.25, 0.3) is 10.0 Å². The molecule has 0 spiro atoms. The van der Waals surface area contributed by atoms with E-state index < -0.39 is 10.0 Å². The van der Waals surface area contributed by atoms with Crippen LogP contribution in [0.1, 0.15) is 12.5 Å². The van der Waals surface area contributed by atoms with Crippen LogP contribution in [0.2, 0.25) is 5.02 Å². The zero-order valence-electron chi connectivity index (χ0n) is 11.3. The Morgan fingerprint density at radius 3 is 2.67 bits per heavy atom. The first kappa shape index (κ1) is 14.9. The Hall–Kier alpha value is -1.04. The van der Waals surface area contributed by atoms with Crippen LogP contribution in [0, 0.1) is 0 Å². The summed E-state index contributed by atoms with van der Waals surface area (Å²) < 4.78 is 28.2. The van der Waals surface area contributed by atoms with Gasteiger partial charge in [0.1, 0.15) is 4.90 Å². The Balaban J connectivity index is 2.15. The number of benzene rings is 2. The van der Waals surface area contributed by atoms with Crippen molar-refractivity contribution in [3.8, 4) is 0 Å². The van der Waals surface area contributed by atoms with E-state index in [1.807, 2.05) is 31.2 Å². The topological polar surface area (TPSA) is 37.4 Å². The lowest BCUT2D eigenvalue weighted by molar-refractivity contribution is 0.584. The lowest BCUT2D eigenvalue weighted by atomic mass is 10.1. The molecule has 0 unspecified atom stereocenters. The van der Waals surface area contributed by atoms with Crippen LogP contribution in [-0.2, 0) is 16.4 Å². The summed E-state index contributed by atoms with van der Waals surface area (Å²) in [5.41, 5.74) is 1.78. The molecule has 0 bridgehead atoms. The second-order valence-corrected chi connectivity index (χ2v) is 8.16. The standard InChI is InChI=1S/C15H13BrClNO2S/c1-10-8-11-4-2-3-5-14(11)18(10)21(19,20)15-7-6-12(16)9-13(15)17/h2-7,9-10H,8H2,1H3/t10-/m0/s1. The van der Waals surface area contributed by atoms with E-state index in [0.717, 1.165) is 15.7 Å². The van der Waals surface area contributed by atoms with Gasteiger partial charge in [0, 0.05) is 10.5 Å². The van der Waals surface area contributed by atoms with E-state index in [-0.39, 0.29) is 16.0 Å². The van der Waals surface area contributed by atoms with E-state index in [1.165, 1.54) is 10.4 Å². The van der Waals surface area contributed by atoms with E-state index in [2.05, 4.69) is 15.9 Å². The van der Waals surface area contributed by atoms with Gasteiger partial charge in [0.05, 0.1) is 10.7 Å². The normalized spacial score (nSPS) is 17.9. The molecule has 0 fully saturated rings. The number of para-hydroxylation sites is 1. The van der Waals surface area contributed by atoms with Crippen molar-refractivity contribution in [2.45, 2.75) is 24.3 Å². The van der Waals surface area contributed by atoms with Gasteiger partial charge in [-0.05, 0) is 43.2 Å². The number of hydrogen-bond acceptors (Lipinski definition) is 2. The van der Waals surface area contributed by atoms with Gasteiger partial charge in [-0.1, -0.05) is 45.7 Å². The minimum absolute atomic E-state index is 0.118. The number of rotatable bonds is 2. The van der Waals surface area contributed by atoms with Crippen LogP contribution >= 0.6 is 27.5 Å². The molecular formula is C15H13BrClNO2S. The van der Waals surface area contributed by atoms with Gasteiger partial charge in [-0.15, -0.1) is 0 Å². The molecule has 0 N–H and O–H groups in total. The lowest BCUT2D eigenvalue weighted by Crippen LogP contribution is -2.35. The molecule has 110 valence electrons. The largest absolute Gasteiger partial charge is 0.266 e. The molecule has 1 atom stereocenters. The van der Waals surface area contributed by atoms with Gasteiger partial charge in [0.2, 0.25) is 0 Å². The molecule has 1 heterocycles. The Bertz CT molecular complexity index is 807. The summed E-state index contributed by atoms with van der Waals surface area (Å²) in [5.74, 6) is 0. The Morgan fingerprint density at radius 2 is 1.95 bits per heavy atom. The van der Waals surface area contributed by atoms with Gasteiger partial charge >= 0.3 is 0 Å². The smallest absolute Gasteiger partial charge is 0.263 e. The SMILES string of the molecule is C[C@H]1Cc2ccccc2N1S(=O)(=O)c1ccc(Br)cc1Cl. The van der Waals surface area contributed by atoms with E-state index in [4.69, 9.17) is 11.6 Å². The van der Waals surface area contributed by atoms with Crippen LogP contribution in [0.15, 0.2) is 51.8 Å². The van der Waals surface area contributed by atoms with Gasteiger partial charge < -0.3 is 0 Å². The van der Waals surface area contributed by atoms with Crippen molar-refractivity contribution in [1.29, 1.82) is 0 Å². The molecule has 3 nitrogen and oxygen atoms in total. The summed E-state index contributed by atoms with van der Waals surface area (Å²) in [4.78, 5) is 0.135. The molecular weight excluding hydrogens is 374 g/mol. The molecule has 3 rings (SSSR count). The molecule has 0 amide bonds. The molecule has 0 aromatic heterocycles. The predicted octanol–water partition coefficient (Wildman–Crippen LogP) is 4.24. The highest BCUT2D eigenvalue weighted by Gasteiger charge is 2.36. The number of nitrogens with zero attached hydrogens (tertiary/aromatic N) is 1. The van der Waals surface area contributed by atoms with Gasteiger partial charge in [-0.2, -0.15) is 0 Å². The second-order valence-electron chi connectivity index (χ2n) is 5.06. The van der Waals surface area contributed by atoms with Crippen molar-refractivity contribution in [2.75, 3.05) is 4.31 Å².